The fourth-order valence-corrected chi connectivity index (χ4v) is 3.94. The number of nitrogens with one attached hydrogen (secondary N) is 2. The van der Waals surface area contributed by atoms with E-state index in [4.69, 9.17) is 16.3 Å². The number of amides is 2. The second-order valence-corrected chi connectivity index (χ2v) is 8.63. The van der Waals surface area contributed by atoms with E-state index in [0.717, 1.165) is 17.7 Å². The number of hydrogen-bond donors (Lipinski definition) is 2. The number of thiazole rings is 1. The smallest absolute Gasteiger partial charge is 0.484 e. The Balaban J connectivity index is 1.42. The summed E-state index contributed by atoms with van der Waals surface area (Å²) >= 11 is 7.18. The first-order valence-corrected chi connectivity index (χ1v) is 11.6. The van der Waals surface area contributed by atoms with Crippen molar-refractivity contribution in [2.45, 2.75) is 25.7 Å². The van der Waals surface area contributed by atoms with Gasteiger partial charge in [0.05, 0.1) is 6.04 Å². The van der Waals surface area contributed by atoms with Crippen LogP contribution in [0.15, 0.2) is 53.9 Å². The summed E-state index contributed by atoms with van der Waals surface area (Å²) in [4.78, 5) is 28.8. The molecule has 2 aromatic carbocycles. The zero-order valence-electron chi connectivity index (χ0n) is 18.4. The molecular formula is C23H21ClF3N3O4S. The second kappa shape index (κ2) is 11.9. The van der Waals surface area contributed by atoms with Crippen molar-refractivity contribution in [3.63, 3.8) is 0 Å². The van der Waals surface area contributed by atoms with Gasteiger partial charge in [-0.3, -0.25) is 9.59 Å². The quantitative estimate of drug-likeness (QED) is 0.390. The van der Waals surface area contributed by atoms with Crippen LogP contribution < -0.4 is 20.1 Å². The highest BCUT2D eigenvalue weighted by atomic mass is 35.5. The van der Waals surface area contributed by atoms with Crippen LogP contribution in [-0.2, 0) is 11.2 Å². The van der Waals surface area contributed by atoms with Crippen molar-refractivity contribution in [1.29, 1.82) is 0 Å². The summed E-state index contributed by atoms with van der Waals surface area (Å²) in [6.45, 7) is 1.77. The van der Waals surface area contributed by atoms with Crippen molar-refractivity contribution >= 4 is 34.8 Å². The van der Waals surface area contributed by atoms with Gasteiger partial charge in [-0.2, -0.15) is 0 Å². The minimum absolute atomic E-state index is 0.202. The van der Waals surface area contributed by atoms with E-state index in [0.29, 0.717) is 23.0 Å². The molecule has 0 bridgehead atoms. The molecule has 2 amide bonds. The standard InChI is InChI=1S/C23H21ClF3N3O4S/c1-14(29-20(31)12-33-17-5-7-18(8-6-17)34-23(25,26)27)22-30-19(13-35-22)21(32)28-10-9-15-3-2-4-16(24)11-15/h2-8,11,13-14H,9-10,12H2,1H3,(H,28,32)(H,29,31). The summed E-state index contributed by atoms with van der Waals surface area (Å²) in [6.07, 6.45) is -4.17. The fourth-order valence-electron chi connectivity index (χ4n) is 2.93. The average Bonchev–Trinajstić information content (AvgIpc) is 3.28. The third-order valence-corrected chi connectivity index (χ3v) is 5.78. The van der Waals surface area contributed by atoms with Crippen molar-refractivity contribution in [2.75, 3.05) is 13.2 Å². The minimum Gasteiger partial charge on any atom is -0.484 e. The number of halogens is 4. The van der Waals surface area contributed by atoms with Crippen molar-refractivity contribution in [3.05, 3.63) is 75.2 Å². The highest BCUT2D eigenvalue weighted by molar-refractivity contribution is 7.09. The first-order valence-electron chi connectivity index (χ1n) is 10.3. The zero-order valence-corrected chi connectivity index (χ0v) is 20.0. The molecule has 0 saturated heterocycles. The molecule has 1 unspecified atom stereocenters. The molecule has 3 rings (SSSR count). The van der Waals surface area contributed by atoms with Gasteiger partial charge in [0, 0.05) is 16.9 Å². The summed E-state index contributed by atoms with van der Waals surface area (Å²) in [5, 5.41) is 8.27. The molecule has 2 N–H and O–H groups in total. The molecule has 0 saturated carbocycles. The molecule has 7 nitrogen and oxygen atoms in total. The van der Waals surface area contributed by atoms with Crippen LogP contribution in [0.4, 0.5) is 13.2 Å². The van der Waals surface area contributed by atoms with Crippen LogP contribution in [0.25, 0.3) is 0 Å². The Morgan fingerprint density at radius 2 is 1.86 bits per heavy atom. The number of aromatic nitrogens is 1. The minimum atomic E-state index is -4.79. The molecule has 0 radical (unpaired) electrons. The lowest BCUT2D eigenvalue weighted by molar-refractivity contribution is -0.274. The molecule has 0 aliphatic rings. The van der Waals surface area contributed by atoms with Gasteiger partial charge in [0.15, 0.2) is 6.61 Å². The summed E-state index contributed by atoms with van der Waals surface area (Å²) in [6, 6.07) is 11.6. The number of ether oxygens (including phenoxy) is 2. The second-order valence-electron chi connectivity index (χ2n) is 7.30. The first-order chi connectivity index (χ1) is 16.6. The summed E-state index contributed by atoms with van der Waals surface area (Å²) in [5.41, 5.74) is 1.25. The van der Waals surface area contributed by atoms with Crippen molar-refractivity contribution in [3.8, 4) is 11.5 Å². The SMILES string of the molecule is CC(NC(=O)COc1ccc(OC(F)(F)F)cc1)c1nc(C(=O)NCCc2cccc(Cl)c2)cs1. The van der Waals surface area contributed by atoms with E-state index < -0.39 is 24.1 Å². The Hall–Kier alpha value is -3.31. The van der Waals surface area contributed by atoms with E-state index in [1.54, 1.807) is 18.4 Å². The first kappa shape index (κ1) is 26.3. The Morgan fingerprint density at radius 1 is 1.14 bits per heavy atom. The lowest BCUT2D eigenvalue weighted by Gasteiger charge is -2.12. The van der Waals surface area contributed by atoms with Crippen LogP contribution >= 0.6 is 22.9 Å². The molecule has 0 spiro atoms. The van der Waals surface area contributed by atoms with E-state index in [9.17, 15) is 22.8 Å². The Bertz CT molecular complexity index is 1160. The molecule has 186 valence electrons. The maximum atomic E-state index is 12.3. The fraction of sp³-hybridized carbons (Fsp3) is 0.261. The van der Waals surface area contributed by atoms with E-state index >= 15 is 0 Å². The third kappa shape index (κ3) is 8.76. The highest BCUT2D eigenvalue weighted by Crippen LogP contribution is 2.25. The summed E-state index contributed by atoms with van der Waals surface area (Å²) in [5.74, 6) is -0.977. The number of hydrogen-bond acceptors (Lipinski definition) is 6. The maximum Gasteiger partial charge on any atom is 0.573 e. The highest BCUT2D eigenvalue weighted by Gasteiger charge is 2.31. The molecule has 1 heterocycles. The van der Waals surface area contributed by atoms with Gasteiger partial charge in [-0.15, -0.1) is 24.5 Å². The topological polar surface area (TPSA) is 89.6 Å². The van der Waals surface area contributed by atoms with Gasteiger partial charge >= 0.3 is 6.36 Å². The van der Waals surface area contributed by atoms with Crippen LogP contribution in [0, 0.1) is 0 Å². The van der Waals surface area contributed by atoms with Crippen LogP contribution in [0.3, 0.4) is 0 Å². The van der Waals surface area contributed by atoms with Crippen molar-refractivity contribution in [2.24, 2.45) is 0 Å². The van der Waals surface area contributed by atoms with Crippen LogP contribution in [0.2, 0.25) is 5.02 Å². The van der Waals surface area contributed by atoms with Gasteiger partial charge < -0.3 is 20.1 Å². The van der Waals surface area contributed by atoms with Gasteiger partial charge in [-0.05, 0) is 55.3 Å². The number of carbonyl (C=O) groups is 2. The molecule has 0 aliphatic carbocycles. The molecule has 1 atom stereocenters. The number of benzene rings is 2. The van der Waals surface area contributed by atoms with E-state index in [2.05, 4.69) is 20.4 Å². The molecule has 0 aliphatic heterocycles. The van der Waals surface area contributed by atoms with Gasteiger partial charge in [0.25, 0.3) is 11.8 Å². The lowest BCUT2D eigenvalue weighted by atomic mass is 10.1. The molecular weight excluding hydrogens is 507 g/mol. The van der Waals surface area contributed by atoms with Gasteiger partial charge in [-0.1, -0.05) is 23.7 Å². The normalized spacial score (nSPS) is 12.0. The molecule has 35 heavy (non-hydrogen) atoms. The summed E-state index contributed by atoms with van der Waals surface area (Å²) in [7, 11) is 0. The Labute approximate surface area is 208 Å². The predicted octanol–water partition coefficient (Wildman–Crippen LogP) is 4.92. The maximum absolute atomic E-state index is 12.3. The molecule has 0 fully saturated rings. The van der Waals surface area contributed by atoms with Crippen molar-refractivity contribution < 1.29 is 32.2 Å². The number of alkyl halides is 3. The monoisotopic (exact) mass is 527 g/mol. The number of carbonyl (C=O) groups excluding carboxylic acids is 2. The molecule has 12 heteroatoms. The average molecular weight is 528 g/mol. The Kier molecular flexibility index (Phi) is 8.94. The van der Waals surface area contributed by atoms with Crippen molar-refractivity contribution in [1.82, 2.24) is 15.6 Å². The number of rotatable bonds is 10. The van der Waals surface area contributed by atoms with Crippen LogP contribution in [0.1, 0.15) is 34.0 Å². The van der Waals surface area contributed by atoms with Gasteiger partial charge in [-0.25, -0.2) is 4.98 Å². The van der Waals surface area contributed by atoms with E-state index in [1.807, 2.05) is 18.2 Å². The molecule has 3 aromatic rings. The van der Waals surface area contributed by atoms with Crippen LogP contribution in [0.5, 0.6) is 11.5 Å². The van der Waals surface area contributed by atoms with Gasteiger partial charge in [0.1, 0.15) is 22.2 Å². The summed E-state index contributed by atoms with van der Waals surface area (Å²) < 4.78 is 45.6. The lowest BCUT2D eigenvalue weighted by Crippen LogP contribution is -2.31. The van der Waals surface area contributed by atoms with Crippen LogP contribution in [-0.4, -0.2) is 36.3 Å². The van der Waals surface area contributed by atoms with E-state index in [-0.39, 0.29) is 24.0 Å². The Morgan fingerprint density at radius 3 is 2.54 bits per heavy atom. The largest absolute Gasteiger partial charge is 0.573 e. The predicted molar refractivity (Wildman–Crippen MR) is 125 cm³/mol. The molecule has 1 aromatic heterocycles. The zero-order chi connectivity index (χ0) is 25.4. The van der Waals surface area contributed by atoms with E-state index in [1.165, 1.54) is 23.5 Å². The van der Waals surface area contributed by atoms with Gasteiger partial charge in [0.2, 0.25) is 0 Å². The third-order valence-electron chi connectivity index (χ3n) is 4.52. The number of nitrogens with zero attached hydrogens (tertiary/aromatic N) is 1.